The quantitative estimate of drug-likeness (QED) is 0.737. The Morgan fingerprint density at radius 1 is 1.42 bits per heavy atom. The molecule has 5 nitrogen and oxygen atoms in total. The van der Waals surface area contributed by atoms with Gasteiger partial charge in [0.05, 0.1) is 6.54 Å². The third-order valence-corrected chi connectivity index (χ3v) is 3.66. The molecule has 1 aromatic carbocycles. The van der Waals surface area contributed by atoms with Crippen LogP contribution in [0.25, 0.3) is 11.0 Å². The van der Waals surface area contributed by atoms with Crippen LogP contribution >= 0.6 is 11.5 Å². The average Bonchev–Trinajstić information content (AvgIpc) is 2.96. The van der Waals surface area contributed by atoms with E-state index in [1.54, 1.807) is 6.07 Å². The molecule has 0 radical (unpaired) electrons. The lowest BCUT2D eigenvalue weighted by Gasteiger charge is -2.12. The number of rotatable bonds is 3. The summed E-state index contributed by atoms with van der Waals surface area (Å²) in [6, 6.07) is 4.41. The van der Waals surface area contributed by atoms with E-state index in [1.807, 2.05) is 18.9 Å². The van der Waals surface area contributed by atoms with Crippen LogP contribution in [0.4, 0.5) is 9.52 Å². The molecule has 0 saturated carbocycles. The summed E-state index contributed by atoms with van der Waals surface area (Å²) in [7, 11) is 1.91. The molecule has 19 heavy (non-hydrogen) atoms. The van der Waals surface area contributed by atoms with Crippen molar-refractivity contribution in [3.05, 3.63) is 35.5 Å². The van der Waals surface area contributed by atoms with E-state index in [2.05, 4.69) is 14.5 Å². The molecule has 0 saturated heterocycles. The second-order valence-corrected chi connectivity index (χ2v) is 4.98. The molecule has 0 atom stereocenters. The van der Waals surface area contributed by atoms with Gasteiger partial charge in [-0.2, -0.15) is 4.37 Å². The molecule has 0 spiro atoms. The summed E-state index contributed by atoms with van der Waals surface area (Å²) in [4.78, 5) is 6.24. The Kier molecular flexibility index (Phi) is 2.90. The lowest BCUT2D eigenvalue weighted by molar-refractivity contribution is 0.444. The molecule has 98 valence electrons. The molecule has 0 aliphatic rings. The third kappa shape index (κ3) is 2.28. The van der Waals surface area contributed by atoms with Gasteiger partial charge in [-0.15, -0.1) is 0 Å². The van der Waals surface area contributed by atoms with E-state index in [0.717, 1.165) is 22.0 Å². The van der Waals surface area contributed by atoms with Gasteiger partial charge >= 0.3 is 0 Å². The van der Waals surface area contributed by atoms with E-state index in [4.69, 9.17) is 4.52 Å². The van der Waals surface area contributed by atoms with Crippen molar-refractivity contribution in [2.75, 3.05) is 11.9 Å². The molecule has 0 unspecified atom stereocenters. The van der Waals surface area contributed by atoms with E-state index >= 15 is 0 Å². The molecule has 7 heteroatoms. The molecule has 0 amide bonds. The average molecular weight is 278 g/mol. The van der Waals surface area contributed by atoms with Crippen molar-refractivity contribution >= 4 is 27.6 Å². The molecule has 0 aliphatic carbocycles. The second-order valence-electron chi connectivity index (χ2n) is 4.25. The fourth-order valence-electron chi connectivity index (χ4n) is 1.81. The first kappa shape index (κ1) is 12.0. The zero-order chi connectivity index (χ0) is 13.4. The number of aryl methyl sites for hydroxylation is 1. The highest BCUT2D eigenvalue weighted by atomic mass is 32.1. The van der Waals surface area contributed by atoms with Crippen molar-refractivity contribution in [3.8, 4) is 0 Å². The number of hydrogen-bond donors (Lipinski definition) is 0. The normalized spacial score (nSPS) is 11.1. The molecule has 0 bridgehead atoms. The Morgan fingerprint density at radius 3 is 3.00 bits per heavy atom. The number of anilines is 1. The second kappa shape index (κ2) is 4.58. The van der Waals surface area contributed by atoms with Crippen LogP contribution in [0.1, 0.15) is 11.5 Å². The van der Waals surface area contributed by atoms with Crippen LogP contribution in [0, 0.1) is 12.7 Å². The molecule has 2 aromatic heterocycles. The van der Waals surface area contributed by atoms with Crippen molar-refractivity contribution in [2.24, 2.45) is 0 Å². The van der Waals surface area contributed by atoms with E-state index in [1.165, 1.54) is 23.7 Å². The van der Waals surface area contributed by atoms with Crippen LogP contribution < -0.4 is 4.90 Å². The Morgan fingerprint density at radius 2 is 2.26 bits per heavy atom. The van der Waals surface area contributed by atoms with Gasteiger partial charge in [0.15, 0.2) is 5.58 Å². The third-order valence-electron chi connectivity index (χ3n) is 2.74. The maximum absolute atomic E-state index is 13.1. The van der Waals surface area contributed by atoms with E-state index < -0.39 is 0 Å². The summed E-state index contributed by atoms with van der Waals surface area (Å²) in [6.45, 7) is 2.38. The zero-order valence-electron chi connectivity index (χ0n) is 10.4. The van der Waals surface area contributed by atoms with E-state index in [0.29, 0.717) is 12.1 Å². The first-order valence-corrected chi connectivity index (χ1v) is 6.46. The highest BCUT2D eigenvalue weighted by molar-refractivity contribution is 7.09. The summed E-state index contributed by atoms with van der Waals surface area (Å²) < 4.78 is 22.3. The minimum atomic E-state index is -0.330. The smallest absolute Gasteiger partial charge is 0.205 e. The number of halogens is 1. The predicted molar refractivity (Wildman–Crippen MR) is 70.7 cm³/mol. The van der Waals surface area contributed by atoms with Crippen LogP contribution in [-0.2, 0) is 6.54 Å². The van der Waals surface area contributed by atoms with Gasteiger partial charge in [-0.05, 0) is 19.1 Å². The minimum Gasteiger partial charge on any atom is -0.356 e. The van der Waals surface area contributed by atoms with Gasteiger partial charge in [0.2, 0.25) is 5.13 Å². The Hall–Kier alpha value is -2.02. The van der Waals surface area contributed by atoms with Crippen molar-refractivity contribution in [3.63, 3.8) is 0 Å². The van der Waals surface area contributed by atoms with Crippen molar-refractivity contribution < 1.29 is 8.91 Å². The van der Waals surface area contributed by atoms with Gasteiger partial charge in [0.1, 0.15) is 17.3 Å². The highest BCUT2D eigenvalue weighted by Gasteiger charge is 2.13. The van der Waals surface area contributed by atoms with Crippen LogP contribution in [0.5, 0.6) is 0 Å². The fraction of sp³-hybridized carbons (Fsp3) is 0.250. The molecular formula is C12H11FN4OS. The number of nitrogens with zero attached hydrogens (tertiary/aromatic N) is 4. The monoisotopic (exact) mass is 278 g/mol. The highest BCUT2D eigenvalue weighted by Crippen LogP contribution is 2.23. The van der Waals surface area contributed by atoms with E-state index in [9.17, 15) is 4.39 Å². The lowest BCUT2D eigenvalue weighted by Crippen LogP contribution is -2.16. The topological polar surface area (TPSA) is 55.1 Å². The fourth-order valence-corrected chi connectivity index (χ4v) is 2.44. The molecule has 3 rings (SSSR count). The van der Waals surface area contributed by atoms with Crippen LogP contribution in [0.15, 0.2) is 22.7 Å². The van der Waals surface area contributed by atoms with Crippen LogP contribution in [0.3, 0.4) is 0 Å². The number of benzene rings is 1. The van der Waals surface area contributed by atoms with Gasteiger partial charge in [-0.25, -0.2) is 9.37 Å². The Balaban J connectivity index is 1.89. The van der Waals surface area contributed by atoms with Gasteiger partial charge < -0.3 is 9.42 Å². The van der Waals surface area contributed by atoms with Gasteiger partial charge in [-0.1, -0.05) is 5.16 Å². The summed E-state index contributed by atoms with van der Waals surface area (Å²) in [5, 5.41) is 5.61. The summed E-state index contributed by atoms with van der Waals surface area (Å²) in [5.74, 6) is 0.419. The van der Waals surface area contributed by atoms with Crippen LogP contribution in [-0.4, -0.2) is 21.6 Å². The summed E-state index contributed by atoms with van der Waals surface area (Å²) in [6.07, 6.45) is 0. The predicted octanol–water partition coefficient (Wildman–Crippen LogP) is 2.76. The van der Waals surface area contributed by atoms with Crippen molar-refractivity contribution in [2.45, 2.75) is 13.5 Å². The number of aromatic nitrogens is 3. The molecule has 3 aromatic rings. The standard InChI is InChI=1S/C12H11FN4OS/c1-7-14-12(19-16-7)17(2)6-10-9-4-3-8(13)5-11(9)18-15-10/h3-5H,6H2,1-2H3. The number of fused-ring (bicyclic) bond motifs is 1. The van der Waals surface area contributed by atoms with Crippen LogP contribution in [0.2, 0.25) is 0 Å². The molecule has 0 N–H and O–H groups in total. The Bertz CT molecular complexity index is 723. The van der Waals surface area contributed by atoms with Gasteiger partial charge in [0, 0.05) is 30.0 Å². The maximum atomic E-state index is 13.1. The molecule has 2 heterocycles. The Labute approximate surface area is 112 Å². The molecule has 0 aliphatic heterocycles. The largest absolute Gasteiger partial charge is 0.356 e. The maximum Gasteiger partial charge on any atom is 0.205 e. The summed E-state index contributed by atoms with van der Waals surface area (Å²) >= 11 is 1.33. The molecular weight excluding hydrogens is 267 g/mol. The molecule has 0 fully saturated rings. The first-order valence-electron chi connectivity index (χ1n) is 5.69. The summed E-state index contributed by atoms with van der Waals surface area (Å²) in [5.41, 5.74) is 1.21. The zero-order valence-corrected chi connectivity index (χ0v) is 11.2. The lowest BCUT2D eigenvalue weighted by atomic mass is 10.2. The van der Waals surface area contributed by atoms with Crippen molar-refractivity contribution in [1.29, 1.82) is 0 Å². The van der Waals surface area contributed by atoms with Gasteiger partial charge in [-0.3, -0.25) is 0 Å². The minimum absolute atomic E-state index is 0.330. The van der Waals surface area contributed by atoms with Crippen molar-refractivity contribution in [1.82, 2.24) is 14.5 Å². The van der Waals surface area contributed by atoms with Gasteiger partial charge in [0.25, 0.3) is 0 Å². The van der Waals surface area contributed by atoms with E-state index in [-0.39, 0.29) is 5.82 Å². The number of hydrogen-bond acceptors (Lipinski definition) is 6. The SMILES string of the molecule is Cc1nsc(N(C)Cc2noc3cc(F)ccc23)n1. The first-order chi connectivity index (χ1) is 9.13.